The van der Waals surface area contributed by atoms with Gasteiger partial charge in [0.1, 0.15) is 0 Å². The highest BCUT2D eigenvalue weighted by molar-refractivity contribution is 5.97. The van der Waals surface area contributed by atoms with Crippen LogP contribution >= 0.6 is 0 Å². The van der Waals surface area contributed by atoms with E-state index in [4.69, 9.17) is 4.74 Å². The van der Waals surface area contributed by atoms with E-state index in [1.54, 1.807) is 0 Å². The van der Waals surface area contributed by atoms with E-state index < -0.39 is 0 Å². The Morgan fingerprint density at radius 1 is 1.05 bits per heavy atom. The van der Waals surface area contributed by atoms with Crippen molar-refractivity contribution in [1.29, 1.82) is 0 Å². The van der Waals surface area contributed by atoms with Gasteiger partial charge in [0.2, 0.25) is 0 Å². The molecule has 1 aliphatic heterocycles. The fourth-order valence-electron chi connectivity index (χ4n) is 4.72. The van der Waals surface area contributed by atoms with Crippen LogP contribution in [0.1, 0.15) is 47.0 Å². The number of carbonyl (C=O) groups excluding carboxylic acids is 2. The van der Waals surface area contributed by atoms with Gasteiger partial charge in [0, 0.05) is 0 Å². The van der Waals surface area contributed by atoms with Crippen molar-refractivity contribution in [3.63, 3.8) is 0 Å². The molecule has 1 saturated carbocycles. The van der Waals surface area contributed by atoms with Crippen LogP contribution in [-0.2, 0) is 14.3 Å². The summed E-state index contributed by atoms with van der Waals surface area (Å²) in [4.78, 5) is 24.2. The molecule has 0 spiro atoms. The Bertz CT molecular complexity index is 490. The lowest BCUT2D eigenvalue weighted by atomic mass is 9.55. The van der Waals surface area contributed by atoms with Gasteiger partial charge in [-0.25, -0.2) is 0 Å². The van der Waals surface area contributed by atoms with Gasteiger partial charge >= 0.3 is 11.9 Å². The first kappa shape index (κ1) is 13.8. The minimum atomic E-state index is -0.318. The maximum Gasteiger partial charge on any atom is 0.318 e. The zero-order valence-electron chi connectivity index (χ0n) is 12.8. The van der Waals surface area contributed by atoms with E-state index in [0.29, 0.717) is 0 Å². The normalized spacial score (nSPS) is 46.4. The molecule has 110 valence electrons. The van der Waals surface area contributed by atoms with Crippen LogP contribution < -0.4 is 0 Å². The van der Waals surface area contributed by atoms with E-state index in [1.165, 1.54) is 12.8 Å². The summed E-state index contributed by atoms with van der Waals surface area (Å²) in [6.07, 6.45) is 7.81. The first-order chi connectivity index (χ1) is 9.28. The van der Waals surface area contributed by atoms with Crippen LogP contribution in [0.2, 0.25) is 0 Å². The second-order valence-electron chi connectivity index (χ2n) is 7.72. The molecule has 0 aromatic heterocycles. The van der Waals surface area contributed by atoms with E-state index in [0.717, 1.165) is 6.42 Å². The molecule has 2 fully saturated rings. The van der Waals surface area contributed by atoms with Crippen LogP contribution in [0.5, 0.6) is 0 Å². The van der Waals surface area contributed by atoms with Crippen molar-refractivity contribution >= 4 is 11.9 Å². The smallest absolute Gasteiger partial charge is 0.318 e. The van der Waals surface area contributed by atoms with Gasteiger partial charge in [0.25, 0.3) is 0 Å². The standard InChI is InChI=1S/C17H24O3/c1-10-6-7-11(13-12(10)14(18)20-15(13)19)17(4)9-5-8-16(17,2)3/h6-7,10-13H,5,8-9H2,1-4H3/t10?,11?,12-,13+,17+/m1/s1. The molecule has 3 heteroatoms. The average Bonchev–Trinajstić information content (AvgIpc) is 2.79. The topological polar surface area (TPSA) is 43.4 Å². The number of hydrogen-bond acceptors (Lipinski definition) is 3. The Balaban J connectivity index is 2.04. The highest BCUT2D eigenvalue weighted by Gasteiger charge is 2.59. The molecule has 0 N–H and O–H groups in total. The molecule has 3 rings (SSSR count). The lowest BCUT2D eigenvalue weighted by Gasteiger charge is -2.47. The van der Waals surface area contributed by atoms with Gasteiger partial charge < -0.3 is 4.74 Å². The zero-order chi connectivity index (χ0) is 14.7. The number of allylic oxidation sites excluding steroid dienone is 2. The number of hydrogen-bond donors (Lipinski definition) is 0. The number of fused-ring (bicyclic) bond motifs is 1. The first-order valence-electron chi connectivity index (χ1n) is 7.72. The Morgan fingerprint density at radius 2 is 1.70 bits per heavy atom. The molecule has 20 heavy (non-hydrogen) atoms. The van der Waals surface area contributed by atoms with Crippen LogP contribution in [0.25, 0.3) is 0 Å². The third-order valence-corrected chi connectivity index (χ3v) is 6.49. The van der Waals surface area contributed by atoms with Gasteiger partial charge in [-0.2, -0.15) is 0 Å². The third-order valence-electron chi connectivity index (χ3n) is 6.49. The van der Waals surface area contributed by atoms with Crippen molar-refractivity contribution < 1.29 is 14.3 Å². The zero-order valence-corrected chi connectivity index (χ0v) is 12.8. The van der Waals surface area contributed by atoms with Crippen molar-refractivity contribution in [1.82, 2.24) is 0 Å². The summed E-state index contributed by atoms with van der Waals surface area (Å²) in [5.74, 6) is -0.939. The lowest BCUT2D eigenvalue weighted by Crippen LogP contribution is -2.45. The summed E-state index contributed by atoms with van der Waals surface area (Å²) < 4.78 is 4.96. The van der Waals surface area contributed by atoms with Crippen LogP contribution in [0.4, 0.5) is 0 Å². The van der Waals surface area contributed by atoms with Gasteiger partial charge in [-0.15, -0.1) is 0 Å². The van der Waals surface area contributed by atoms with Crippen LogP contribution in [0, 0.1) is 34.5 Å². The number of cyclic esters (lactones) is 2. The molecule has 0 aromatic rings. The van der Waals surface area contributed by atoms with E-state index in [9.17, 15) is 9.59 Å². The van der Waals surface area contributed by atoms with Crippen LogP contribution in [0.15, 0.2) is 12.2 Å². The summed E-state index contributed by atoms with van der Waals surface area (Å²) in [6.45, 7) is 8.89. The highest BCUT2D eigenvalue weighted by atomic mass is 16.6. The predicted octanol–water partition coefficient (Wildman–Crippen LogP) is 3.34. The first-order valence-corrected chi connectivity index (χ1v) is 7.72. The summed E-state index contributed by atoms with van der Waals surface area (Å²) >= 11 is 0. The van der Waals surface area contributed by atoms with E-state index in [1.807, 2.05) is 6.92 Å². The average molecular weight is 276 g/mol. The van der Waals surface area contributed by atoms with E-state index >= 15 is 0 Å². The number of rotatable bonds is 1. The van der Waals surface area contributed by atoms with Crippen molar-refractivity contribution in [3.8, 4) is 0 Å². The molecule has 1 saturated heterocycles. The molecule has 0 amide bonds. The molecular formula is C17H24O3. The third kappa shape index (κ3) is 1.64. The van der Waals surface area contributed by atoms with Crippen molar-refractivity contribution in [3.05, 3.63) is 12.2 Å². The SMILES string of the molecule is CC1C=CC([C@]2(C)CCCC2(C)C)[C@@H]2C(=O)OC(=O)[C@H]12. The number of carbonyl (C=O) groups is 2. The maximum absolute atomic E-state index is 12.2. The highest BCUT2D eigenvalue weighted by Crippen LogP contribution is 2.61. The molecule has 1 heterocycles. The second kappa shape index (κ2) is 4.19. The minimum absolute atomic E-state index is 0.0657. The molecule has 2 aliphatic carbocycles. The summed E-state index contributed by atoms with van der Waals surface area (Å²) in [7, 11) is 0. The van der Waals surface area contributed by atoms with Crippen LogP contribution in [-0.4, -0.2) is 11.9 Å². The van der Waals surface area contributed by atoms with Crippen molar-refractivity contribution in [2.45, 2.75) is 47.0 Å². The van der Waals surface area contributed by atoms with Crippen molar-refractivity contribution in [2.75, 3.05) is 0 Å². The number of esters is 2. The van der Waals surface area contributed by atoms with E-state index in [2.05, 4.69) is 32.9 Å². The van der Waals surface area contributed by atoms with Crippen molar-refractivity contribution in [2.24, 2.45) is 34.5 Å². The van der Waals surface area contributed by atoms with Gasteiger partial charge in [0.05, 0.1) is 11.8 Å². The van der Waals surface area contributed by atoms with Gasteiger partial charge in [-0.05, 0) is 35.5 Å². The monoisotopic (exact) mass is 276 g/mol. The van der Waals surface area contributed by atoms with Gasteiger partial charge in [-0.1, -0.05) is 46.3 Å². The summed E-state index contributed by atoms with van der Waals surface area (Å²) in [5.41, 5.74) is 0.259. The molecule has 3 nitrogen and oxygen atoms in total. The predicted molar refractivity (Wildman–Crippen MR) is 75.6 cm³/mol. The molecule has 5 atom stereocenters. The van der Waals surface area contributed by atoms with Crippen LogP contribution in [0.3, 0.4) is 0 Å². The fraction of sp³-hybridized carbons (Fsp3) is 0.765. The quantitative estimate of drug-likeness (QED) is 0.419. The molecule has 0 bridgehead atoms. The summed E-state index contributed by atoms with van der Waals surface area (Å²) in [6, 6.07) is 0. The second-order valence-corrected chi connectivity index (χ2v) is 7.72. The molecule has 3 aliphatic rings. The minimum Gasteiger partial charge on any atom is -0.393 e. The van der Waals surface area contributed by atoms with Gasteiger partial charge in [0.15, 0.2) is 0 Å². The number of ether oxygens (including phenoxy) is 1. The fourth-order valence-corrected chi connectivity index (χ4v) is 4.72. The Labute approximate surface area is 120 Å². The lowest BCUT2D eigenvalue weighted by molar-refractivity contribution is -0.154. The Hall–Kier alpha value is -1.12. The van der Waals surface area contributed by atoms with Gasteiger partial charge in [-0.3, -0.25) is 9.59 Å². The summed E-state index contributed by atoms with van der Waals surface area (Å²) in [5, 5.41) is 0. The Kier molecular flexibility index (Phi) is 2.90. The molecule has 0 aromatic carbocycles. The molecular weight excluding hydrogens is 252 g/mol. The molecule has 0 radical (unpaired) electrons. The van der Waals surface area contributed by atoms with E-state index in [-0.39, 0.29) is 46.4 Å². The maximum atomic E-state index is 12.2. The molecule has 2 unspecified atom stereocenters. The Morgan fingerprint density at radius 3 is 2.30 bits per heavy atom. The largest absolute Gasteiger partial charge is 0.393 e.